The van der Waals surface area contributed by atoms with Gasteiger partial charge >= 0.3 is 5.97 Å². The van der Waals surface area contributed by atoms with Gasteiger partial charge < -0.3 is 4.74 Å². The first-order valence-electron chi connectivity index (χ1n) is 5.82. The lowest BCUT2D eigenvalue weighted by atomic mass is 9.77. The van der Waals surface area contributed by atoms with Gasteiger partial charge in [0, 0.05) is 6.42 Å². The molecular weight excluding hydrogens is 176 g/mol. The Morgan fingerprint density at radius 1 is 1.29 bits per heavy atom. The Morgan fingerprint density at radius 3 is 2.29 bits per heavy atom. The summed E-state index contributed by atoms with van der Waals surface area (Å²) in [4.78, 5) is 11.4. The summed E-state index contributed by atoms with van der Waals surface area (Å²) in [6, 6.07) is 0. The topological polar surface area (TPSA) is 26.3 Å². The third-order valence-corrected chi connectivity index (χ3v) is 3.36. The minimum absolute atomic E-state index is 0.0411. The second kappa shape index (κ2) is 4.81. The first kappa shape index (κ1) is 11.5. The molecule has 0 amide bonds. The monoisotopic (exact) mass is 198 g/mol. The van der Waals surface area contributed by atoms with Crippen LogP contribution in [-0.4, -0.2) is 11.6 Å². The molecule has 0 aromatic rings. The van der Waals surface area contributed by atoms with Crippen LogP contribution in [0.2, 0.25) is 0 Å². The van der Waals surface area contributed by atoms with Gasteiger partial charge in [-0.15, -0.1) is 0 Å². The van der Waals surface area contributed by atoms with Crippen molar-refractivity contribution < 1.29 is 9.53 Å². The third kappa shape index (κ3) is 2.49. The summed E-state index contributed by atoms with van der Waals surface area (Å²) in [6.07, 6.45) is 6.30. The van der Waals surface area contributed by atoms with Gasteiger partial charge in [-0.1, -0.05) is 27.2 Å². The summed E-state index contributed by atoms with van der Waals surface area (Å²) in [6.45, 7) is 6.18. The van der Waals surface area contributed by atoms with Crippen LogP contribution in [-0.2, 0) is 9.53 Å². The van der Waals surface area contributed by atoms with Crippen LogP contribution in [0.4, 0.5) is 0 Å². The first-order chi connectivity index (χ1) is 6.60. The zero-order valence-electron chi connectivity index (χ0n) is 9.64. The molecule has 0 aromatic heterocycles. The highest BCUT2D eigenvalue weighted by molar-refractivity contribution is 5.69. The summed E-state index contributed by atoms with van der Waals surface area (Å²) < 4.78 is 5.65. The fraction of sp³-hybridized carbons (Fsp3) is 0.917. The molecular formula is C12H22O2. The Kier molecular flexibility index (Phi) is 3.97. The van der Waals surface area contributed by atoms with Gasteiger partial charge in [0.15, 0.2) is 0 Å². The Morgan fingerprint density at radius 2 is 1.86 bits per heavy atom. The van der Waals surface area contributed by atoms with Crippen LogP contribution < -0.4 is 0 Å². The van der Waals surface area contributed by atoms with E-state index in [4.69, 9.17) is 4.74 Å². The third-order valence-electron chi connectivity index (χ3n) is 3.36. The molecule has 1 saturated carbocycles. The van der Waals surface area contributed by atoms with E-state index in [-0.39, 0.29) is 11.6 Å². The van der Waals surface area contributed by atoms with E-state index < -0.39 is 0 Å². The van der Waals surface area contributed by atoms with Crippen LogP contribution in [0.5, 0.6) is 0 Å². The molecule has 0 radical (unpaired) electrons. The van der Waals surface area contributed by atoms with Crippen molar-refractivity contribution in [3.8, 4) is 0 Å². The molecule has 1 aliphatic rings. The number of esters is 1. The maximum atomic E-state index is 11.4. The molecule has 0 unspecified atom stereocenters. The van der Waals surface area contributed by atoms with E-state index in [1.807, 2.05) is 6.92 Å². The average molecular weight is 198 g/mol. The van der Waals surface area contributed by atoms with Crippen LogP contribution in [0, 0.1) is 5.92 Å². The van der Waals surface area contributed by atoms with Crippen LogP contribution in [0.15, 0.2) is 0 Å². The molecule has 0 aliphatic heterocycles. The number of hydrogen-bond donors (Lipinski definition) is 0. The van der Waals surface area contributed by atoms with Crippen molar-refractivity contribution in [3.63, 3.8) is 0 Å². The number of ether oxygens (including phenoxy) is 1. The van der Waals surface area contributed by atoms with Gasteiger partial charge in [-0.25, -0.2) is 0 Å². The smallest absolute Gasteiger partial charge is 0.306 e. The highest BCUT2D eigenvalue weighted by Crippen LogP contribution is 2.37. The summed E-state index contributed by atoms with van der Waals surface area (Å²) >= 11 is 0. The molecule has 0 spiro atoms. The molecule has 0 bridgehead atoms. The Hall–Kier alpha value is -0.530. The SMILES string of the molecule is CCC(=O)OC1(C(C)C)CCCCC1. The van der Waals surface area contributed by atoms with Gasteiger partial charge in [0.1, 0.15) is 5.60 Å². The molecule has 2 nitrogen and oxygen atoms in total. The average Bonchev–Trinajstić information content (AvgIpc) is 2.19. The normalized spacial score (nSPS) is 20.9. The van der Waals surface area contributed by atoms with Crippen LogP contribution in [0.25, 0.3) is 0 Å². The van der Waals surface area contributed by atoms with Gasteiger partial charge in [0.2, 0.25) is 0 Å². The molecule has 2 heteroatoms. The van der Waals surface area contributed by atoms with Crippen molar-refractivity contribution in [1.29, 1.82) is 0 Å². The predicted molar refractivity (Wildman–Crippen MR) is 57.0 cm³/mol. The van der Waals surface area contributed by atoms with Crippen LogP contribution >= 0.6 is 0 Å². The number of hydrogen-bond acceptors (Lipinski definition) is 2. The van der Waals surface area contributed by atoms with E-state index in [1.54, 1.807) is 0 Å². The minimum atomic E-state index is -0.147. The first-order valence-corrected chi connectivity index (χ1v) is 5.82. The summed E-state index contributed by atoms with van der Waals surface area (Å²) in [5.74, 6) is 0.402. The highest BCUT2D eigenvalue weighted by Gasteiger charge is 2.38. The standard InChI is InChI=1S/C12H22O2/c1-4-11(13)14-12(10(2)3)8-6-5-7-9-12/h10H,4-9H2,1-3H3. The van der Waals surface area contributed by atoms with Crippen LogP contribution in [0.3, 0.4) is 0 Å². The van der Waals surface area contributed by atoms with E-state index in [2.05, 4.69) is 13.8 Å². The van der Waals surface area contributed by atoms with Gasteiger partial charge in [-0.3, -0.25) is 4.79 Å². The van der Waals surface area contributed by atoms with Gasteiger partial charge in [0.05, 0.1) is 0 Å². The summed E-state index contributed by atoms with van der Waals surface area (Å²) in [5, 5.41) is 0. The van der Waals surface area contributed by atoms with Gasteiger partial charge in [-0.05, 0) is 31.6 Å². The van der Waals surface area contributed by atoms with Gasteiger partial charge in [-0.2, -0.15) is 0 Å². The Balaban J connectivity index is 2.65. The predicted octanol–water partition coefficient (Wildman–Crippen LogP) is 3.30. The Bertz CT molecular complexity index is 190. The lowest BCUT2D eigenvalue weighted by Crippen LogP contribution is -2.42. The van der Waals surface area contributed by atoms with Gasteiger partial charge in [0.25, 0.3) is 0 Å². The van der Waals surface area contributed by atoms with E-state index in [1.165, 1.54) is 19.3 Å². The molecule has 0 saturated heterocycles. The zero-order valence-corrected chi connectivity index (χ0v) is 9.64. The van der Waals surface area contributed by atoms with Crippen molar-refractivity contribution in [2.75, 3.05) is 0 Å². The molecule has 0 aromatic carbocycles. The lowest BCUT2D eigenvalue weighted by Gasteiger charge is -2.40. The molecule has 0 heterocycles. The zero-order chi connectivity index (χ0) is 10.6. The van der Waals surface area contributed by atoms with Crippen molar-refractivity contribution in [3.05, 3.63) is 0 Å². The largest absolute Gasteiger partial charge is 0.459 e. The number of carbonyl (C=O) groups is 1. The van der Waals surface area contributed by atoms with Crippen molar-refractivity contribution >= 4 is 5.97 Å². The molecule has 0 atom stereocenters. The number of rotatable bonds is 3. The molecule has 14 heavy (non-hydrogen) atoms. The van der Waals surface area contributed by atoms with E-state index in [0.717, 1.165) is 12.8 Å². The lowest BCUT2D eigenvalue weighted by molar-refractivity contribution is -0.169. The Labute approximate surface area is 87.0 Å². The molecule has 1 rings (SSSR count). The maximum absolute atomic E-state index is 11.4. The molecule has 1 fully saturated rings. The minimum Gasteiger partial charge on any atom is -0.459 e. The fourth-order valence-corrected chi connectivity index (χ4v) is 2.25. The number of carbonyl (C=O) groups excluding carboxylic acids is 1. The quantitative estimate of drug-likeness (QED) is 0.650. The van der Waals surface area contributed by atoms with E-state index >= 15 is 0 Å². The maximum Gasteiger partial charge on any atom is 0.306 e. The molecule has 0 N–H and O–H groups in total. The second-order valence-electron chi connectivity index (χ2n) is 4.61. The van der Waals surface area contributed by atoms with Crippen LogP contribution in [0.1, 0.15) is 59.3 Å². The molecule has 1 aliphatic carbocycles. The summed E-state index contributed by atoms with van der Waals surface area (Å²) in [5.41, 5.74) is -0.147. The molecule has 82 valence electrons. The fourth-order valence-electron chi connectivity index (χ4n) is 2.25. The van der Waals surface area contributed by atoms with Crippen molar-refractivity contribution in [1.82, 2.24) is 0 Å². The second-order valence-corrected chi connectivity index (χ2v) is 4.61. The summed E-state index contributed by atoms with van der Waals surface area (Å²) in [7, 11) is 0. The van der Waals surface area contributed by atoms with Crippen molar-refractivity contribution in [2.24, 2.45) is 5.92 Å². The van der Waals surface area contributed by atoms with E-state index in [9.17, 15) is 4.79 Å². The van der Waals surface area contributed by atoms with E-state index in [0.29, 0.717) is 12.3 Å². The van der Waals surface area contributed by atoms with Crippen molar-refractivity contribution in [2.45, 2.75) is 64.9 Å². The highest BCUT2D eigenvalue weighted by atomic mass is 16.6.